The van der Waals surface area contributed by atoms with Crippen molar-refractivity contribution >= 4 is 5.78 Å². The molecule has 0 bridgehead atoms. The van der Waals surface area contributed by atoms with E-state index in [1.54, 1.807) is 19.2 Å². The fourth-order valence-corrected chi connectivity index (χ4v) is 4.39. The molecule has 1 N–H and O–H groups in total. The first-order chi connectivity index (χ1) is 15.7. The van der Waals surface area contributed by atoms with Crippen LogP contribution < -0.4 is 0 Å². The van der Waals surface area contributed by atoms with E-state index in [0.717, 1.165) is 11.1 Å². The van der Waals surface area contributed by atoms with Crippen molar-refractivity contribution in [3.8, 4) is 0 Å². The van der Waals surface area contributed by atoms with Gasteiger partial charge in [0.2, 0.25) is 0 Å². The highest BCUT2D eigenvalue weighted by Crippen LogP contribution is 2.48. The molecule has 0 saturated heterocycles. The molecular weight excluding hydrogens is 396 g/mol. The van der Waals surface area contributed by atoms with Crippen molar-refractivity contribution in [2.24, 2.45) is 0 Å². The number of hydrogen-bond acceptors (Lipinski definition) is 3. The molecule has 0 unspecified atom stereocenters. The van der Waals surface area contributed by atoms with Crippen molar-refractivity contribution in [1.82, 2.24) is 0 Å². The second-order valence-corrected chi connectivity index (χ2v) is 7.79. The van der Waals surface area contributed by atoms with Crippen LogP contribution in [-0.2, 0) is 10.3 Å². The molecule has 0 aliphatic heterocycles. The first-order valence-electron chi connectivity index (χ1n) is 10.7. The number of methoxy groups -OCH3 is 1. The summed E-state index contributed by atoms with van der Waals surface area (Å²) in [4.78, 5) is 14.0. The van der Waals surface area contributed by atoms with Crippen LogP contribution in [0, 0.1) is 0 Å². The van der Waals surface area contributed by atoms with E-state index in [9.17, 15) is 9.90 Å². The number of aliphatic hydroxyl groups is 1. The Morgan fingerprint density at radius 2 is 1.12 bits per heavy atom. The zero-order valence-corrected chi connectivity index (χ0v) is 18.0. The number of Topliss-reactive ketones (excluding diaryl/α,β-unsaturated/α-hetero) is 1. The van der Waals surface area contributed by atoms with E-state index in [2.05, 4.69) is 0 Å². The summed E-state index contributed by atoms with van der Waals surface area (Å²) in [6, 6.07) is 37.5. The van der Waals surface area contributed by atoms with Gasteiger partial charge in [0, 0.05) is 12.7 Å². The summed E-state index contributed by atoms with van der Waals surface area (Å²) in [5, 5.41) is 12.6. The van der Waals surface area contributed by atoms with E-state index in [0.29, 0.717) is 11.1 Å². The monoisotopic (exact) mass is 422 g/mol. The van der Waals surface area contributed by atoms with E-state index >= 15 is 0 Å². The van der Waals surface area contributed by atoms with Gasteiger partial charge in [-0.15, -0.1) is 0 Å². The van der Waals surface area contributed by atoms with Crippen LogP contribution >= 0.6 is 0 Å². The highest BCUT2D eigenvalue weighted by molar-refractivity contribution is 6.02. The molecule has 0 aliphatic carbocycles. The fraction of sp³-hybridized carbons (Fsp3) is 0.138. The zero-order chi connectivity index (χ0) is 22.4. The zero-order valence-electron chi connectivity index (χ0n) is 18.0. The minimum atomic E-state index is -1.66. The Hall–Kier alpha value is -3.53. The van der Waals surface area contributed by atoms with E-state index in [1.807, 2.05) is 109 Å². The van der Waals surface area contributed by atoms with Gasteiger partial charge in [-0.25, -0.2) is 0 Å². The Labute approximate surface area is 188 Å². The van der Waals surface area contributed by atoms with Crippen molar-refractivity contribution in [3.63, 3.8) is 0 Å². The summed E-state index contributed by atoms with van der Waals surface area (Å²) in [5.74, 6) is -1.06. The third-order valence-electron chi connectivity index (χ3n) is 5.87. The molecule has 4 aromatic rings. The standard InChI is InChI=1S/C29H26O3/c1-32-28(24-18-10-4-11-19-24)29(31,25-20-12-5-13-21-25)26(22-14-6-2-7-15-22)27(30)23-16-8-3-9-17-23/h2-21,26,28,31H,1H3/t26-,28+,29+/m0/s1. The number of ketones is 1. The maximum atomic E-state index is 14.0. The molecule has 160 valence electrons. The third-order valence-corrected chi connectivity index (χ3v) is 5.87. The van der Waals surface area contributed by atoms with Gasteiger partial charge in [-0.05, 0) is 16.7 Å². The summed E-state index contributed by atoms with van der Waals surface area (Å²) in [6.45, 7) is 0. The topological polar surface area (TPSA) is 46.5 Å². The Bertz CT molecular complexity index is 1130. The predicted molar refractivity (Wildman–Crippen MR) is 126 cm³/mol. The highest BCUT2D eigenvalue weighted by atomic mass is 16.5. The van der Waals surface area contributed by atoms with Gasteiger partial charge in [-0.1, -0.05) is 121 Å². The Morgan fingerprint density at radius 1 is 0.688 bits per heavy atom. The number of rotatable bonds is 8. The lowest BCUT2D eigenvalue weighted by atomic mass is 9.69. The van der Waals surface area contributed by atoms with Crippen LogP contribution in [0.3, 0.4) is 0 Å². The summed E-state index contributed by atoms with van der Waals surface area (Å²) >= 11 is 0. The van der Waals surface area contributed by atoms with Crippen LogP contribution in [0.5, 0.6) is 0 Å². The predicted octanol–water partition coefficient (Wildman–Crippen LogP) is 5.93. The summed E-state index contributed by atoms with van der Waals surface area (Å²) in [6.07, 6.45) is -0.774. The van der Waals surface area contributed by atoms with Crippen LogP contribution in [0.15, 0.2) is 121 Å². The van der Waals surface area contributed by atoms with Crippen LogP contribution in [0.4, 0.5) is 0 Å². The first kappa shape index (κ1) is 21.7. The second-order valence-electron chi connectivity index (χ2n) is 7.79. The Morgan fingerprint density at radius 3 is 1.62 bits per heavy atom. The second kappa shape index (κ2) is 9.73. The van der Waals surface area contributed by atoms with Crippen molar-refractivity contribution < 1.29 is 14.6 Å². The van der Waals surface area contributed by atoms with Gasteiger partial charge >= 0.3 is 0 Å². The van der Waals surface area contributed by atoms with Gasteiger partial charge in [-0.3, -0.25) is 4.79 Å². The number of hydrogen-bond donors (Lipinski definition) is 1. The average Bonchev–Trinajstić information content (AvgIpc) is 2.87. The number of ether oxygens (including phenoxy) is 1. The molecule has 0 amide bonds. The third kappa shape index (κ3) is 4.13. The Kier molecular flexibility index (Phi) is 6.60. The van der Waals surface area contributed by atoms with Crippen molar-refractivity contribution in [2.75, 3.05) is 7.11 Å². The van der Waals surface area contributed by atoms with Crippen LogP contribution in [0.2, 0.25) is 0 Å². The smallest absolute Gasteiger partial charge is 0.173 e. The lowest BCUT2D eigenvalue weighted by Crippen LogP contribution is -2.44. The molecule has 0 spiro atoms. The largest absolute Gasteiger partial charge is 0.381 e. The SMILES string of the molecule is CO[C@H](c1ccccc1)[C@@](O)(c1ccccc1)[C@H](C(=O)c1ccccc1)c1ccccc1. The quantitative estimate of drug-likeness (QED) is 0.358. The van der Waals surface area contributed by atoms with E-state index in [-0.39, 0.29) is 5.78 Å². The molecule has 0 saturated carbocycles. The van der Waals surface area contributed by atoms with Gasteiger partial charge in [0.1, 0.15) is 11.7 Å². The molecule has 3 nitrogen and oxygen atoms in total. The van der Waals surface area contributed by atoms with Gasteiger partial charge in [0.25, 0.3) is 0 Å². The molecule has 0 aromatic heterocycles. The van der Waals surface area contributed by atoms with Crippen molar-refractivity contribution in [1.29, 1.82) is 0 Å². The molecular formula is C29H26O3. The summed E-state index contributed by atoms with van der Waals surface area (Å²) in [5.41, 5.74) is 1.02. The van der Waals surface area contributed by atoms with Crippen molar-refractivity contribution in [2.45, 2.75) is 17.6 Å². The first-order valence-corrected chi connectivity index (χ1v) is 10.7. The van der Waals surface area contributed by atoms with Gasteiger partial charge in [0.15, 0.2) is 5.78 Å². The molecule has 0 radical (unpaired) electrons. The minimum absolute atomic E-state index is 0.166. The van der Waals surface area contributed by atoms with Gasteiger partial charge in [0.05, 0.1) is 5.92 Å². The normalized spacial score (nSPS) is 14.8. The number of carbonyl (C=O) groups excluding carboxylic acids is 1. The van der Waals surface area contributed by atoms with E-state index in [4.69, 9.17) is 4.74 Å². The average molecular weight is 423 g/mol. The number of benzene rings is 4. The number of carbonyl (C=O) groups is 1. The van der Waals surface area contributed by atoms with Crippen molar-refractivity contribution in [3.05, 3.63) is 144 Å². The summed E-state index contributed by atoms with van der Waals surface area (Å²) < 4.78 is 5.94. The molecule has 4 rings (SSSR count). The lowest BCUT2D eigenvalue weighted by molar-refractivity contribution is -0.112. The maximum Gasteiger partial charge on any atom is 0.173 e. The maximum absolute atomic E-state index is 14.0. The molecule has 4 aromatic carbocycles. The fourth-order valence-electron chi connectivity index (χ4n) is 4.39. The van der Waals surface area contributed by atoms with Crippen LogP contribution in [-0.4, -0.2) is 18.0 Å². The van der Waals surface area contributed by atoms with E-state index < -0.39 is 17.6 Å². The van der Waals surface area contributed by atoms with Gasteiger partial charge in [-0.2, -0.15) is 0 Å². The Balaban J connectivity index is 1.98. The molecule has 32 heavy (non-hydrogen) atoms. The van der Waals surface area contributed by atoms with Gasteiger partial charge < -0.3 is 9.84 Å². The van der Waals surface area contributed by atoms with Crippen LogP contribution in [0.25, 0.3) is 0 Å². The molecule has 0 fully saturated rings. The lowest BCUT2D eigenvalue weighted by Gasteiger charge is -2.41. The van der Waals surface area contributed by atoms with E-state index in [1.165, 1.54) is 0 Å². The molecule has 3 heteroatoms. The minimum Gasteiger partial charge on any atom is -0.381 e. The highest BCUT2D eigenvalue weighted by Gasteiger charge is 2.50. The van der Waals surface area contributed by atoms with Crippen LogP contribution in [0.1, 0.15) is 39.1 Å². The molecule has 3 atom stereocenters. The molecule has 0 aliphatic rings. The summed E-state index contributed by atoms with van der Waals surface area (Å²) in [7, 11) is 1.57. The molecule has 0 heterocycles.